The van der Waals surface area contributed by atoms with E-state index in [2.05, 4.69) is 113 Å². The molecule has 0 fully saturated rings. The lowest BCUT2D eigenvalue weighted by Gasteiger charge is -2.19. The first kappa shape index (κ1) is 94.0. The van der Waals surface area contributed by atoms with E-state index < -0.39 is 11.7 Å². The van der Waals surface area contributed by atoms with Gasteiger partial charge in [-0.3, -0.25) is 71.8 Å². The van der Waals surface area contributed by atoms with Gasteiger partial charge in [0.15, 0.2) is 30.4 Å². The molecule has 118 heavy (non-hydrogen) atoms. The molecule has 0 spiro atoms. The van der Waals surface area contributed by atoms with Gasteiger partial charge in [0.25, 0.3) is 22.2 Å². The molecule has 35 nitrogen and oxygen atoms in total. The van der Waals surface area contributed by atoms with Crippen LogP contribution in [0.25, 0.3) is 22.3 Å². The number of nitrogens with one attached hydrogen (secondary N) is 9. The predicted molar refractivity (Wildman–Crippen MR) is 479 cm³/mol. The Kier molecular flexibility index (Phi) is 35.5. The summed E-state index contributed by atoms with van der Waals surface area (Å²) in [6, 6.07) is 8.43. The van der Waals surface area contributed by atoms with Gasteiger partial charge in [0.2, 0.25) is 0 Å². The number of imidazole rings is 2. The number of aromatic amines is 8. The second-order valence-corrected chi connectivity index (χ2v) is 33.8. The van der Waals surface area contributed by atoms with Crippen molar-refractivity contribution < 1.29 is 38.1 Å². The number of esters is 3. The largest absolute Gasteiger partial charge is 0.466 e. The summed E-state index contributed by atoms with van der Waals surface area (Å²) >= 11 is 36.2. The molecule has 0 atom stereocenters. The van der Waals surface area contributed by atoms with Crippen molar-refractivity contribution in [3.63, 3.8) is 0 Å². The van der Waals surface area contributed by atoms with E-state index in [1.54, 1.807) is 85.1 Å². The first-order valence-electron chi connectivity index (χ1n) is 37.0. The number of carbonyl (C=O) groups is 4. The van der Waals surface area contributed by atoms with E-state index >= 15 is 0 Å². The van der Waals surface area contributed by atoms with Gasteiger partial charge < -0.3 is 53.3 Å². The van der Waals surface area contributed by atoms with Crippen LogP contribution in [0.2, 0.25) is 0 Å². The summed E-state index contributed by atoms with van der Waals surface area (Å²) in [6.45, 7) is 18.1. The third-order valence-electron chi connectivity index (χ3n) is 16.9. The van der Waals surface area contributed by atoms with Crippen LogP contribution in [0.3, 0.4) is 0 Å². The van der Waals surface area contributed by atoms with Crippen LogP contribution >= 0.6 is 120 Å². The normalized spacial score (nSPS) is 12.5. The number of benzene rings is 1. The second kappa shape index (κ2) is 44.5. The molecule has 1 aromatic carbocycles. The quantitative estimate of drug-likeness (QED) is 0.0140. The van der Waals surface area contributed by atoms with Crippen molar-refractivity contribution >= 4 is 210 Å². The van der Waals surface area contributed by atoms with Gasteiger partial charge in [-0.25, -0.2) is 44.3 Å². The van der Waals surface area contributed by atoms with Gasteiger partial charge >= 0.3 is 35.4 Å². The second-order valence-electron chi connectivity index (χ2n) is 27.0. The molecule has 0 unspecified atom stereocenters. The lowest BCUT2D eigenvalue weighted by Crippen LogP contribution is -2.33. The van der Waals surface area contributed by atoms with Crippen LogP contribution in [0.4, 0.5) is 28.1 Å². The maximum atomic E-state index is 12.0. The number of hydrogen-bond acceptors (Lipinski definition) is 30. The first-order valence-corrected chi connectivity index (χ1v) is 43.4. The molecule has 0 bridgehead atoms. The number of aliphatic imine (C=N–C) groups is 4. The van der Waals surface area contributed by atoms with E-state index in [0.717, 1.165) is 63.5 Å². The number of unbranched alkanes of at least 4 members (excludes halogenated alkanes) is 1. The Hall–Kier alpha value is -9.48. The van der Waals surface area contributed by atoms with Gasteiger partial charge in [-0.15, -0.1) is 35.3 Å². The van der Waals surface area contributed by atoms with Crippen LogP contribution < -0.4 is 38.9 Å². The van der Waals surface area contributed by atoms with E-state index in [1.807, 2.05) is 29.9 Å². The summed E-state index contributed by atoms with van der Waals surface area (Å²) < 4.78 is 31.7. The summed E-state index contributed by atoms with van der Waals surface area (Å²) in [5.74, 6) is 3.87. The highest BCUT2D eigenvalue weighted by atomic mass is 32.2. The lowest BCUT2D eigenvalue weighted by atomic mass is 10.2. The Morgan fingerprint density at radius 2 is 0.864 bits per heavy atom. The zero-order valence-corrected chi connectivity index (χ0v) is 74.9. The third-order valence-corrected chi connectivity index (χ3v) is 22.7. The van der Waals surface area contributed by atoms with Crippen molar-refractivity contribution in [3.8, 4) is 0 Å². The molecule has 9 N–H and O–H groups in total. The number of thioether (sulfide) groups is 4. The minimum Gasteiger partial charge on any atom is -0.466 e. The number of H-pyrrole nitrogens is 8. The average molecular weight is 1810 g/mol. The van der Waals surface area contributed by atoms with Gasteiger partial charge in [-0.1, -0.05) is 79.4 Å². The minimum absolute atomic E-state index is 0.136. The maximum absolute atomic E-state index is 12.0. The number of aryl methyl sites for hydroxylation is 5. The van der Waals surface area contributed by atoms with Crippen LogP contribution in [0.5, 0.6) is 0 Å². The molecule has 13 rings (SSSR count). The molecule has 4 aliphatic heterocycles. The van der Waals surface area contributed by atoms with Gasteiger partial charge in [0.1, 0.15) is 49.2 Å². The first-order chi connectivity index (χ1) is 56.1. The number of hydrogen-bond donors (Lipinski definition) is 9. The number of fused-ring (bicyclic) bond motifs is 6. The van der Waals surface area contributed by atoms with Crippen molar-refractivity contribution in [1.82, 2.24) is 82.6 Å². The molecule has 0 saturated heterocycles. The summed E-state index contributed by atoms with van der Waals surface area (Å²) in [5, 5.41) is 6.04. The Labute approximate surface area is 722 Å². The van der Waals surface area contributed by atoms with Crippen molar-refractivity contribution in [2.75, 3.05) is 43.6 Å². The monoisotopic (exact) mass is 1810 g/mol. The molecule has 45 heteroatoms. The number of carbonyl (C=O) groups excluding carboxylic acids is 4. The van der Waals surface area contributed by atoms with Crippen molar-refractivity contribution in [3.05, 3.63) is 161 Å². The molecule has 4 aliphatic rings. The fourth-order valence-corrected chi connectivity index (χ4v) is 16.0. The molecule has 0 aliphatic carbocycles. The van der Waals surface area contributed by atoms with Crippen LogP contribution in [0.15, 0.2) is 85.7 Å². The zero-order valence-electron chi connectivity index (χ0n) is 66.8. The van der Waals surface area contributed by atoms with Crippen molar-refractivity contribution in [2.24, 2.45) is 48.2 Å². The SMILES string of the molecule is CCCCn1cnc2c1c(=S)n(C)c(=O)n2C.CCOC(=O)CCCSC1=Nc2[nH]c(=S)[nH]c(=O)c2C1.CCOC(=O)CCSC1=Nc2[nH]c(=S)[nH]c(=O)c2C1.CCOC(=O)CSC1=Nc2[nH]c(=S)[nH]c(=O)c2C1.Cc1ccc(CSC2=Nc3[nH]c(=S)[nH]c(=O)c3C2)cc1.Cn1c(=S)c2c(ncn2CCCNC(=O)OC(C)(C)C)n(C)c1=O. The van der Waals surface area contributed by atoms with Crippen LogP contribution in [-0.2, 0) is 106 Å². The van der Waals surface area contributed by atoms with Gasteiger partial charge in [0, 0.05) is 91.4 Å². The van der Waals surface area contributed by atoms with Crippen molar-refractivity contribution in [1.29, 1.82) is 0 Å². The number of nitrogens with zero attached hydrogens (tertiary/aromatic N) is 12. The van der Waals surface area contributed by atoms with E-state index in [1.165, 1.54) is 52.9 Å². The van der Waals surface area contributed by atoms with E-state index in [0.29, 0.717) is 160 Å². The molecule has 0 saturated carbocycles. The summed E-state index contributed by atoms with van der Waals surface area (Å²) in [6.07, 6.45) is 9.32. The highest BCUT2D eigenvalue weighted by Crippen LogP contribution is 2.30. The van der Waals surface area contributed by atoms with Gasteiger partial charge in [0.05, 0.1) is 87.1 Å². The lowest BCUT2D eigenvalue weighted by molar-refractivity contribution is -0.143. The molecule has 8 aromatic heterocycles. The predicted octanol–water partition coefficient (Wildman–Crippen LogP) is 11.7. The molecular weight excluding hydrogens is 1720 g/mol. The smallest absolute Gasteiger partial charge is 0.407 e. The number of ether oxygens (including phenoxy) is 4. The third kappa shape index (κ3) is 26.8. The minimum atomic E-state index is -0.513. The van der Waals surface area contributed by atoms with Gasteiger partial charge in [-0.2, -0.15) is 0 Å². The van der Waals surface area contributed by atoms with E-state index in [-0.39, 0.29) is 71.6 Å². The zero-order chi connectivity index (χ0) is 86.2. The van der Waals surface area contributed by atoms with Crippen LogP contribution in [-0.4, -0.2) is 171 Å². The molecule has 9 aromatic rings. The Balaban J connectivity index is 0.000000177. The molecule has 1 amide bonds. The number of rotatable bonds is 21. The highest BCUT2D eigenvalue weighted by Gasteiger charge is 2.25. The Morgan fingerprint density at radius 1 is 0.483 bits per heavy atom. The van der Waals surface area contributed by atoms with E-state index in [4.69, 9.17) is 92.3 Å². The Morgan fingerprint density at radius 3 is 1.27 bits per heavy atom. The van der Waals surface area contributed by atoms with Crippen LogP contribution in [0.1, 0.15) is 120 Å². The van der Waals surface area contributed by atoms with Gasteiger partial charge in [-0.05, 0) is 128 Å². The molecule has 12 heterocycles. The fraction of sp³-hybridized carbons (Fsp3) is 0.452. The number of alkyl carbamates (subject to hydrolysis) is 1. The average Bonchev–Trinajstić information content (AvgIpc) is 1.58. The standard InChI is InChI=1S/C15H23N5O3S.C14H13N3OS2.C12H15N3O3S2.C11H16N4OS.C11H13N3O3S2.C10H11N3O3S2/c1-15(2,3)23-13(21)16-7-6-8-20-9-17-11-10(20)12(24)19(5)14(22)18(11)4;1-8-2-4-9(5-3-8)7-20-11-6-10-12(15-11)16-14(19)17-13(10)18;1-2-18-9(16)4-3-5-20-8-6-7-10(13-8)14-12(19)15-11(7)17;1-4-5-6-15-7-12-9-8(15)10(17)14(3)11(16)13(9)2;1-2-17-8(15)3-4-19-7-5-6-9(12-7)13-11(18)14-10(6)16;1-2-16-7(14)4-18-6-3-5-8(11-6)12-10(17)13-9(5)15/h9H,6-8H2,1-5H3,(H,16,21);2-5H,6-7H2,1H3,(H2,16,17,18,19);2-6H2,1H3,(H2,14,15,17,19);7H,4-6H2,1-3H3;2-5H2,1H3,(H2,13,14,16,18);2-4H2,1H3,(H2,12,13,15,17). The number of aromatic nitrogens is 16. The van der Waals surface area contributed by atoms with E-state index in [9.17, 15) is 47.9 Å². The highest BCUT2D eigenvalue weighted by molar-refractivity contribution is 8.14. The summed E-state index contributed by atoms with van der Waals surface area (Å²) in [4.78, 5) is 163. The summed E-state index contributed by atoms with van der Waals surface area (Å²) in [5.41, 5.74) is 6.15. The topological polar surface area (TPSA) is 451 Å². The Bertz CT molecular complexity index is 6120. The molecular formula is C73H91N21O14S10. The van der Waals surface area contributed by atoms with Crippen LogP contribution in [0, 0.1) is 35.3 Å². The molecule has 632 valence electrons. The fourth-order valence-electron chi connectivity index (χ4n) is 11.2. The summed E-state index contributed by atoms with van der Waals surface area (Å²) in [7, 11) is 6.73. The number of amides is 1. The van der Waals surface area contributed by atoms with Crippen molar-refractivity contribution in [2.45, 2.75) is 144 Å². The maximum Gasteiger partial charge on any atom is 0.407 e. The molecule has 0 radical (unpaired) electrons.